The Kier molecular flexibility index (Phi) is 8.44. The predicted octanol–water partition coefficient (Wildman–Crippen LogP) is 3.83. The third-order valence-corrected chi connectivity index (χ3v) is 5.98. The lowest BCUT2D eigenvalue weighted by molar-refractivity contribution is -0.124. The molecule has 0 saturated heterocycles. The number of nitrogens with zero attached hydrogens (tertiary/aromatic N) is 1. The summed E-state index contributed by atoms with van der Waals surface area (Å²) in [7, 11) is 1.61. The normalized spacial score (nSPS) is 15.2. The lowest BCUT2D eigenvalue weighted by Crippen LogP contribution is -2.51. The van der Waals surface area contributed by atoms with E-state index in [1.54, 1.807) is 31.5 Å². The molecule has 1 aliphatic rings. The average Bonchev–Trinajstić information content (AvgIpc) is 2.81. The minimum Gasteiger partial charge on any atom is -0.496 e. The van der Waals surface area contributed by atoms with Crippen LogP contribution in [-0.2, 0) is 11.2 Å². The number of nitrogens with one attached hydrogen (secondary N) is 2. The van der Waals surface area contributed by atoms with Crippen LogP contribution in [0.5, 0.6) is 5.75 Å². The molecule has 0 radical (unpaired) electrons. The van der Waals surface area contributed by atoms with Gasteiger partial charge in [-0.15, -0.1) is 0 Å². The van der Waals surface area contributed by atoms with Crippen molar-refractivity contribution in [2.45, 2.75) is 57.9 Å². The molecule has 1 saturated carbocycles. The summed E-state index contributed by atoms with van der Waals surface area (Å²) in [5, 5.41) is 6.06. The second-order valence-electron chi connectivity index (χ2n) is 8.25. The second-order valence-corrected chi connectivity index (χ2v) is 8.25. The van der Waals surface area contributed by atoms with Crippen LogP contribution in [0.1, 0.15) is 60.1 Å². The van der Waals surface area contributed by atoms with Gasteiger partial charge in [-0.25, -0.2) is 0 Å². The molecular formula is C25H33N3O3. The molecule has 6 heteroatoms. The number of pyridine rings is 1. The molecule has 3 rings (SSSR count). The number of ether oxygens (including phenoxy) is 1. The first kappa shape index (κ1) is 22.8. The van der Waals surface area contributed by atoms with E-state index in [4.69, 9.17) is 4.74 Å². The van der Waals surface area contributed by atoms with Gasteiger partial charge >= 0.3 is 0 Å². The van der Waals surface area contributed by atoms with Crippen molar-refractivity contribution < 1.29 is 14.3 Å². The van der Waals surface area contributed by atoms with Crippen molar-refractivity contribution in [2.24, 2.45) is 5.92 Å². The van der Waals surface area contributed by atoms with E-state index in [0.29, 0.717) is 12.1 Å². The Labute approximate surface area is 184 Å². The highest BCUT2D eigenvalue weighted by molar-refractivity contribution is 5.98. The number of amides is 2. The maximum absolute atomic E-state index is 13.0. The Hall–Kier alpha value is -2.89. The van der Waals surface area contributed by atoms with Gasteiger partial charge in [-0.2, -0.15) is 0 Å². The molecule has 0 unspecified atom stereocenters. The molecule has 166 valence electrons. The first-order chi connectivity index (χ1) is 15.1. The first-order valence-electron chi connectivity index (χ1n) is 11.2. The fraction of sp³-hybridized carbons (Fsp3) is 0.480. The number of benzene rings is 1. The molecule has 1 heterocycles. The molecule has 6 nitrogen and oxygen atoms in total. The van der Waals surface area contributed by atoms with Gasteiger partial charge in [0.1, 0.15) is 11.8 Å². The van der Waals surface area contributed by atoms with Gasteiger partial charge in [0.25, 0.3) is 5.91 Å². The summed E-state index contributed by atoms with van der Waals surface area (Å²) in [6, 6.07) is 10.7. The molecule has 1 atom stereocenters. The van der Waals surface area contributed by atoms with Gasteiger partial charge in [0, 0.05) is 24.0 Å². The molecule has 0 spiro atoms. The number of carbonyl (C=O) groups is 2. The van der Waals surface area contributed by atoms with Gasteiger partial charge in [0.2, 0.25) is 5.91 Å². The lowest BCUT2D eigenvalue weighted by atomic mass is 9.83. The van der Waals surface area contributed by atoms with Gasteiger partial charge in [-0.1, -0.05) is 25.3 Å². The van der Waals surface area contributed by atoms with Crippen LogP contribution in [0.15, 0.2) is 42.6 Å². The predicted molar refractivity (Wildman–Crippen MR) is 121 cm³/mol. The number of carbonyl (C=O) groups excluding carboxylic acids is 2. The summed E-state index contributed by atoms with van der Waals surface area (Å²) in [6.07, 6.45) is 8.74. The number of hydrogen-bond acceptors (Lipinski definition) is 4. The highest BCUT2D eigenvalue weighted by Crippen LogP contribution is 2.27. The van der Waals surface area contributed by atoms with Crippen molar-refractivity contribution in [1.82, 2.24) is 15.6 Å². The number of aromatic nitrogens is 1. The van der Waals surface area contributed by atoms with Gasteiger partial charge in [0.15, 0.2) is 0 Å². The quantitative estimate of drug-likeness (QED) is 0.601. The molecule has 1 aliphatic carbocycles. The summed E-state index contributed by atoms with van der Waals surface area (Å²) < 4.78 is 5.28. The highest BCUT2D eigenvalue weighted by Gasteiger charge is 2.31. The molecule has 0 aliphatic heterocycles. The van der Waals surface area contributed by atoms with Crippen LogP contribution in [0, 0.1) is 12.8 Å². The van der Waals surface area contributed by atoms with Crippen molar-refractivity contribution in [1.29, 1.82) is 0 Å². The Bertz CT molecular complexity index is 864. The maximum atomic E-state index is 13.0. The number of hydrogen-bond donors (Lipinski definition) is 2. The molecule has 31 heavy (non-hydrogen) atoms. The van der Waals surface area contributed by atoms with Crippen molar-refractivity contribution in [3.05, 3.63) is 59.4 Å². The fourth-order valence-corrected chi connectivity index (χ4v) is 4.25. The van der Waals surface area contributed by atoms with Crippen LogP contribution in [0.25, 0.3) is 0 Å². The number of aryl methyl sites for hydroxylation is 2. The van der Waals surface area contributed by atoms with Crippen molar-refractivity contribution >= 4 is 11.8 Å². The third kappa shape index (κ3) is 6.54. The summed E-state index contributed by atoms with van der Waals surface area (Å²) in [6.45, 7) is 2.47. The number of rotatable bonds is 9. The Morgan fingerprint density at radius 1 is 1.16 bits per heavy atom. The van der Waals surface area contributed by atoms with Crippen LogP contribution in [0.4, 0.5) is 0 Å². The van der Waals surface area contributed by atoms with Crippen LogP contribution in [0.3, 0.4) is 0 Å². The van der Waals surface area contributed by atoms with Gasteiger partial charge < -0.3 is 15.4 Å². The van der Waals surface area contributed by atoms with Crippen molar-refractivity contribution in [3.8, 4) is 5.75 Å². The van der Waals surface area contributed by atoms with E-state index in [1.807, 2.05) is 25.1 Å². The Morgan fingerprint density at radius 3 is 2.65 bits per heavy atom. The van der Waals surface area contributed by atoms with Gasteiger partial charge in [-0.3, -0.25) is 14.6 Å². The molecule has 1 fully saturated rings. The summed E-state index contributed by atoms with van der Waals surface area (Å²) >= 11 is 0. The first-order valence-corrected chi connectivity index (χ1v) is 11.2. The standard InChI is InChI=1S/C25H33N3O3/c1-18-17-20(13-14-22(18)31-2)24(29)28-23(19-9-4-3-5-10-19)25(30)27-16-8-12-21-11-6-7-15-26-21/h6-7,11,13-15,17,19,23H,3-5,8-10,12,16H2,1-2H3,(H,27,30)(H,28,29)/t23-/m1/s1. The summed E-state index contributed by atoms with van der Waals surface area (Å²) in [5.74, 6) is 0.607. The summed E-state index contributed by atoms with van der Waals surface area (Å²) in [4.78, 5) is 30.3. The molecule has 2 N–H and O–H groups in total. The van der Waals surface area contributed by atoms with E-state index >= 15 is 0 Å². The van der Waals surface area contributed by atoms with Crippen LogP contribution >= 0.6 is 0 Å². The van der Waals surface area contributed by atoms with E-state index in [-0.39, 0.29) is 17.7 Å². The number of methoxy groups -OCH3 is 1. The van der Waals surface area contributed by atoms with Crippen LogP contribution in [0.2, 0.25) is 0 Å². The van der Waals surface area contributed by atoms with E-state index < -0.39 is 6.04 Å². The summed E-state index contributed by atoms with van der Waals surface area (Å²) in [5.41, 5.74) is 2.45. The highest BCUT2D eigenvalue weighted by atomic mass is 16.5. The topological polar surface area (TPSA) is 80.3 Å². The van der Waals surface area contributed by atoms with Crippen molar-refractivity contribution in [2.75, 3.05) is 13.7 Å². The van der Waals surface area contributed by atoms with Gasteiger partial charge in [0.05, 0.1) is 7.11 Å². The Morgan fingerprint density at radius 2 is 1.97 bits per heavy atom. The maximum Gasteiger partial charge on any atom is 0.251 e. The van der Waals surface area contributed by atoms with E-state index in [0.717, 1.165) is 55.5 Å². The zero-order valence-electron chi connectivity index (χ0n) is 18.5. The zero-order valence-corrected chi connectivity index (χ0v) is 18.5. The Balaban J connectivity index is 1.61. The zero-order chi connectivity index (χ0) is 22.1. The molecule has 2 aromatic rings. The SMILES string of the molecule is COc1ccc(C(=O)N[C@@H](C(=O)NCCCc2ccccn2)C2CCCCC2)cc1C. The second kappa shape index (κ2) is 11.5. The van der Waals surface area contributed by atoms with E-state index in [1.165, 1.54) is 6.42 Å². The van der Waals surface area contributed by atoms with E-state index in [2.05, 4.69) is 15.6 Å². The van der Waals surface area contributed by atoms with Crippen LogP contribution in [-0.4, -0.2) is 36.5 Å². The minimum atomic E-state index is -0.509. The lowest BCUT2D eigenvalue weighted by Gasteiger charge is -2.30. The average molecular weight is 424 g/mol. The minimum absolute atomic E-state index is 0.0912. The van der Waals surface area contributed by atoms with E-state index in [9.17, 15) is 9.59 Å². The molecule has 1 aromatic carbocycles. The third-order valence-electron chi connectivity index (χ3n) is 5.98. The molecular weight excluding hydrogens is 390 g/mol. The van der Waals surface area contributed by atoms with Gasteiger partial charge in [-0.05, 0) is 74.4 Å². The fourth-order valence-electron chi connectivity index (χ4n) is 4.25. The van der Waals surface area contributed by atoms with Crippen molar-refractivity contribution in [3.63, 3.8) is 0 Å². The monoisotopic (exact) mass is 423 g/mol. The molecule has 1 aromatic heterocycles. The molecule has 2 amide bonds. The van der Waals surface area contributed by atoms with Crippen LogP contribution < -0.4 is 15.4 Å². The smallest absolute Gasteiger partial charge is 0.251 e. The molecule has 0 bridgehead atoms. The largest absolute Gasteiger partial charge is 0.496 e.